The van der Waals surface area contributed by atoms with Crippen molar-refractivity contribution < 1.29 is 12.8 Å². The normalized spacial score (nSPS) is 13.2. The van der Waals surface area contributed by atoms with Crippen LogP contribution in [0.3, 0.4) is 0 Å². The fraction of sp³-hybridized carbons (Fsp3) is 0.214. The molecule has 2 rings (SSSR count). The largest absolute Gasteiger partial charge is 0.265 e. The van der Waals surface area contributed by atoms with Crippen LogP contribution in [0.5, 0.6) is 0 Å². The summed E-state index contributed by atoms with van der Waals surface area (Å²) in [6.45, 7) is 3.30. The molecule has 1 aromatic heterocycles. The number of sulfonamides is 1. The molecule has 1 aromatic carbocycles. The zero-order valence-corrected chi connectivity index (χ0v) is 12.0. The Balaban J connectivity index is 2.25. The van der Waals surface area contributed by atoms with Crippen molar-refractivity contribution in [2.45, 2.75) is 24.8 Å². The third-order valence-electron chi connectivity index (χ3n) is 2.99. The Kier molecular flexibility index (Phi) is 4.15. The molecule has 6 heteroatoms. The standard InChI is InChI=1S/C14H15FN2O2S/c1-10-3-4-13(9-14(10)15)20(18,19)17-11(2)12-5-7-16-8-6-12/h3-9,11,17H,1-2H3/t11-/m1/s1. The zero-order valence-electron chi connectivity index (χ0n) is 11.2. The van der Waals surface area contributed by atoms with Crippen molar-refractivity contribution in [1.29, 1.82) is 0 Å². The number of hydrogen-bond donors (Lipinski definition) is 1. The first-order valence-corrected chi connectivity index (χ1v) is 7.57. The van der Waals surface area contributed by atoms with Crippen LogP contribution in [0.2, 0.25) is 0 Å². The minimum Gasteiger partial charge on any atom is -0.265 e. The van der Waals surface area contributed by atoms with Gasteiger partial charge < -0.3 is 0 Å². The van der Waals surface area contributed by atoms with E-state index >= 15 is 0 Å². The summed E-state index contributed by atoms with van der Waals surface area (Å²) in [5.74, 6) is -0.538. The van der Waals surface area contributed by atoms with Gasteiger partial charge in [0.1, 0.15) is 5.82 Å². The van der Waals surface area contributed by atoms with Crippen LogP contribution in [0, 0.1) is 12.7 Å². The van der Waals surface area contributed by atoms with Crippen LogP contribution in [-0.4, -0.2) is 13.4 Å². The molecule has 1 heterocycles. The topological polar surface area (TPSA) is 59.1 Å². The molecule has 0 saturated heterocycles. The van der Waals surface area contributed by atoms with Crippen LogP contribution in [0.15, 0.2) is 47.6 Å². The van der Waals surface area contributed by atoms with Gasteiger partial charge in [-0.1, -0.05) is 6.07 Å². The summed E-state index contributed by atoms with van der Waals surface area (Å²) in [4.78, 5) is 3.79. The second kappa shape index (κ2) is 5.68. The fourth-order valence-corrected chi connectivity index (χ4v) is 3.01. The average Bonchev–Trinajstić information content (AvgIpc) is 2.42. The number of benzene rings is 1. The molecule has 2 aromatic rings. The summed E-state index contributed by atoms with van der Waals surface area (Å²) >= 11 is 0. The predicted molar refractivity (Wildman–Crippen MR) is 74.1 cm³/mol. The van der Waals surface area contributed by atoms with E-state index in [2.05, 4.69) is 9.71 Å². The van der Waals surface area contributed by atoms with Gasteiger partial charge in [0.15, 0.2) is 0 Å². The Bertz CT molecular complexity index is 702. The second-order valence-electron chi connectivity index (χ2n) is 4.53. The van der Waals surface area contributed by atoms with Crippen LogP contribution < -0.4 is 4.72 Å². The predicted octanol–water partition coefficient (Wildman–Crippen LogP) is 2.57. The highest BCUT2D eigenvalue weighted by atomic mass is 32.2. The van der Waals surface area contributed by atoms with Crippen molar-refractivity contribution in [2.24, 2.45) is 0 Å². The van der Waals surface area contributed by atoms with Gasteiger partial charge in [0.05, 0.1) is 4.90 Å². The third-order valence-corrected chi connectivity index (χ3v) is 4.53. The molecule has 4 nitrogen and oxygen atoms in total. The molecule has 0 unspecified atom stereocenters. The fourth-order valence-electron chi connectivity index (χ4n) is 1.76. The highest BCUT2D eigenvalue weighted by Gasteiger charge is 2.19. The maximum absolute atomic E-state index is 13.5. The smallest absolute Gasteiger partial charge is 0.241 e. The quantitative estimate of drug-likeness (QED) is 0.943. The molecular formula is C14H15FN2O2S. The van der Waals surface area contributed by atoms with Crippen LogP contribution in [0.1, 0.15) is 24.1 Å². The molecule has 0 fully saturated rings. The number of rotatable bonds is 4. The Morgan fingerprint density at radius 2 is 1.85 bits per heavy atom. The number of halogens is 1. The second-order valence-corrected chi connectivity index (χ2v) is 6.25. The molecule has 0 aliphatic rings. The lowest BCUT2D eigenvalue weighted by Gasteiger charge is -2.14. The van der Waals surface area contributed by atoms with E-state index < -0.39 is 21.9 Å². The van der Waals surface area contributed by atoms with E-state index in [0.29, 0.717) is 5.56 Å². The first-order valence-electron chi connectivity index (χ1n) is 6.08. The molecule has 20 heavy (non-hydrogen) atoms. The molecule has 0 aliphatic heterocycles. The Hall–Kier alpha value is -1.79. The summed E-state index contributed by atoms with van der Waals surface area (Å²) in [5, 5.41) is 0. The average molecular weight is 294 g/mol. The lowest BCUT2D eigenvalue weighted by Crippen LogP contribution is -2.27. The summed E-state index contributed by atoms with van der Waals surface area (Å²) < 4.78 is 40.4. The van der Waals surface area contributed by atoms with E-state index in [-0.39, 0.29) is 4.90 Å². The minimum absolute atomic E-state index is 0.0819. The van der Waals surface area contributed by atoms with Gasteiger partial charge in [-0.05, 0) is 49.2 Å². The number of nitrogens with one attached hydrogen (secondary N) is 1. The van der Waals surface area contributed by atoms with Gasteiger partial charge in [-0.2, -0.15) is 0 Å². The first-order chi connectivity index (χ1) is 9.40. The number of pyridine rings is 1. The lowest BCUT2D eigenvalue weighted by molar-refractivity contribution is 0.563. The van der Waals surface area contributed by atoms with Crippen molar-refractivity contribution in [3.8, 4) is 0 Å². The van der Waals surface area contributed by atoms with E-state index in [4.69, 9.17) is 0 Å². The van der Waals surface area contributed by atoms with Crippen molar-refractivity contribution in [2.75, 3.05) is 0 Å². The van der Waals surface area contributed by atoms with Crippen molar-refractivity contribution >= 4 is 10.0 Å². The van der Waals surface area contributed by atoms with Crippen LogP contribution in [-0.2, 0) is 10.0 Å². The van der Waals surface area contributed by atoms with Gasteiger partial charge in [0, 0.05) is 18.4 Å². The van der Waals surface area contributed by atoms with Crippen LogP contribution in [0.25, 0.3) is 0 Å². The summed E-state index contributed by atoms with van der Waals surface area (Å²) in [7, 11) is -3.76. The molecule has 0 spiro atoms. The van der Waals surface area contributed by atoms with Gasteiger partial charge in [0.2, 0.25) is 10.0 Å². The molecule has 1 N–H and O–H groups in total. The van der Waals surface area contributed by atoms with Gasteiger partial charge in [0.25, 0.3) is 0 Å². The highest BCUT2D eigenvalue weighted by Crippen LogP contribution is 2.18. The van der Waals surface area contributed by atoms with Gasteiger partial charge in [-0.15, -0.1) is 0 Å². The molecule has 1 atom stereocenters. The van der Waals surface area contributed by atoms with E-state index in [1.807, 2.05) is 0 Å². The molecular weight excluding hydrogens is 279 g/mol. The number of aromatic nitrogens is 1. The maximum Gasteiger partial charge on any atom is 0.241 e. The Morgan fingerprint density at radius 3 is 2.45 bits per heavy atom. The third kappa shape index (κ3) is 3.20. The highest BCUT2D eigenvalue weighted by molar-refractivity contribution is 7.89. The van der Waals surface area contributed by atoms with E-state index in [0.717, 1.165) is 11.6 Å². The molecule has 0 bridgehead atoms. The Morgan fingerprint density at radius 1 is 1.20 bits per heavy atom. The summed E-state index contributed by atoms with van der Waals surface area (Å²) in [6.07, 6.45) is 3.18. The molecule has 0 aliphatic carbocycles. The molecule has 106 valence electrons. The number of aryl methyl sites for hydroxylation is 1. The van der Waals surface area contributed by atoms with Gasteiger partial charge in [-0.3, -0.25) is 4.98 Å². The maximum atomic E-state index is 13.5. The summed E-state index contributed by atoms with van der Waals surface area (Å²) in [5.41, 5.74) is 1.20. The van der Waals surface area contributed by atoms with Crippen molar-refractivity contribution in [3.63, 3.8) is 0 Å². The Labute approximate surface area is 117 Å². The van der Waals surface area contributed by atoms with E-state index in [9.17, 15) is 12.8 Å². The lowest BCUT2D eigenvalue weighted by atomic mass is 10.1. The molecule has 0 amide bonds. The number of nitrogens with zero attached hydrogens (tertiary/aromatic N) is 1. The minimum atomic E-state index is -3.76. The summed E-state index contributed by atoms with van der Waals surface area (Å²) in [6, 6.07) is 6.89. The van der Waals surface area contributed by atoms with Crippen LogP contribution >= 0.6 is 0 Å². The van der Waals surface area contributed by atoms with E-state index in [1.54, 1.807) is 38.4 Å². The van der Waals surface area contributed by atoms with Crippen LogP contribution in [0.4, 0.5) is 4.39 Å². The monoisotopic (exact) mass is 294 g/mol. The van der Waals surface area contributed by atoms with Crippen molar-refractivity contribution in [1.82, 2.24) is 9.71 Å². The van der Waals surface area contributed by atoms with Crippen molar-refractivity contribution in [3.05, 3.63) is 59.7 Å². The zero-order chi connectivity index (χ0) is 14.8. The van der Waals surface area contributed by atoms with Gasteiger partial charge in [-0.25, -0.2) is 17.5 Å². The van der Waals surface area contributed by atoms with E-state index in [1.165, 1.54) is 12.1 Å². The first kappa shape index (κ1) is 14.6. The molecule has 0 radical (unpaired) electrons. The SMILES string of the molecule is Cc1ccc(S(=O)(=O)N[C@H](C)c2ccncc2)cc1F. The molecule has 0 saturated carbocycles. The number of hydrogen-bond acceptors (Lipinski definition) is 3. The van der Waals surface area contributed by atoms with Gasteiger partial charge >= 0.3 is 0 Å².